The van der Waals surface area contributed by atoms with Crippen molar-refractivity contribution in [1.82, 2.24) is 9.88 Å². The van der Waals surface area contributed by atoms with E-state index < -0.39 is 36.1 Å². The molecule has 5 aromatic rings. The number of benzene rings is 4. The number of hydrogen-bond acceptors (Lipinski definition) is 8. The van der Waals surface area contributed by atoms with Gasteiger partial charge in [-0.05, 0) is 41.3 Å². The van der Waals surface area contributed by atoms with E-state index >= 15 is 0 Å². The van der Waals surface area contributed by atoms with Crippen LogP contribution in [0, 0.1) is 0 Å². The molecule has 3 amide bonds. The summed E-state index contributed by atoms with van der Waals surface area (Å²) in [5.41, 5.74) is 4.35. The van der Waals surface area contributed by atoms with E-state index in [1.54, 1.807) is 42.5 Å². The number of anilines is 2. The average molecular weight is 673 g/mol. The number of hydrogen-bond donors (Lipinski definition) is 1. The summed E-state index contributed by atoms with van der Waals surface area (Å²) in [6.45, 7) is 3.76. The first-order chi connectivity index (χ1) is 23.8. The fourth-order valence-electron chi connectivity index (χ4n) is 5.95. The maximum absolute atomic E-state index is 14.5. The maximum atomic E-state index is 14.5. The van der Waals surface area contributed by atoms with Gasteiger partial charge in [0.15, 0.2) is 11.5 Å². The van der Waals surface area contributed by atoms with Crippen LogP contribution in [0.15, 0.2) is 102 Å². The Labute approximate surface area is 286 Å². The number of aromatic nitrogens is 1. The molecule has 0 saturated carbocycles. The highest BCUT2D eigenvalue weighted by atomic mass is 32.1. The predicted octanol–water partition coefficient (Wildman–Crippen LogP) is 6.60. The third kappa shape index (κ3) is 6.40. The highest BCUT2D eigenvalue weighted by Gasteiger charge is 2.40. The van der Waals surface area contributed by atoms with E-state index in [2.05, 4.69) is 19.2 Å². The highest BCUT2D eigenvalue weighted by molar-refractivity contribution is 7.09. The van der Waals surface area contributed by atoms with E-state index in [4.69, 9.17) is 14.5 Å². The van der Waals surface area contributed by atoms with Crippen molar-refractivity contribution in [2.45, 2.75) is 32.4 Å². The molecule has 49 heavy (non-hydrogen) atoms. The van der Waals surface area contributed by atoms with E-state index in [-0.39, 0.29) is 24.8 Å². The summed E-state index contributed by atoms with van der Waals surface area (Å²) in [7, 11) is 0. The second kappa shape index (κ2) is 13.4. The third-order valence-corrected chi connectivity index (χ3v) is 9.37. The number of Topliss-reactive ketones (excluding diaryl/α,β-unsaturated/α-hetero) is 1. The van der Waals surface area contributed by atoms with Crippen molar-refractivity contribution >= 4 is 46.2 Å². The molecule has 0 fully saturated rings. The van der Waals surface area contributed by atoms with Crippen LogP contribution in [-0.4, -0.2) is 46.7 Å². The molecule has 246 valence electrons. The monoisotopic (exact) mass is 672 g/mol. The molecule has 1 aromatic heterocycles. The summed E-state index contributed by atoms with van der Waals surface area (Å²) in [6.07, 6.45) is 0. The standard InChI is InChI=1S/C38H32N4O6S/c1-23(2)24-12-14-26(15-13-24)35(37(45)39-27-16-17-31-32(18-27)48-22-47-31)42(19-33-40-29(21-49-33)25-8-4-3-5-9-25)34(43)20-41-30-11-7-6-10-28(30)36(44)38(41)46/h3-18,21,23,35H,19-20,22H2,1-2H3,(H,39,45). The molecule has 0 aliphatic carbocycles. The molecule has 10 nitrogen and oxygen atoms in total. The molecule has 11 heteroatoms. The molecular formula is C38H32N4O6S. The summed E-state index contributed by atoms with van der Waals surface area (Å²) in [5.74, 6) is -1.17. The summed E-state index contributed by atoms with van der Waals surface area (Å²) < 4.78 is 10.9. The van der Waals surface area contributed by atoms with Crippen molar-refractivity contribution in [3.05, 3.63) is 124 Å². The molecule has 7 rings (SSSR count). The van der Waals surface area contributed by atoms with E-state index in [0.29, 0.717) is 33.4 Å². The van der Waals surface area contributed by atoms with E-state index in [0.717, 1.165) is 16.8 Å². The van der Waals surface area contributed by atoms with Gasteiger partial charge in [0.05, 0.1) is 23.5 Å². The van der Waals surface area contributed by atoms with Crippen molar-refractivity contribution in [3.63, 3.8) is 0 Å². The molecular weight excluding hydrogens is 641 g/mol. The molecule has 3 heterocycles. The van der Waals surface area contributed by atoms with Crippen LogP contribution in [0.5, 0.6) is 11.5 Å². The number of nitrogens with one attached hydrogen (secondary N) is 1. The molecule has 2 aliphatic rings. The minimum atomic E-state index is -1.13. The first-order valence-electron chi connectivity index (χ1n) is 15.8. The zero-order valence-electron chi connectivity index (χ0n) is 26.8. The minimum Gasteiger partial charge on any atom is -0.454 e. The maximum Gasteiger partial charge on any atom is 0.299 e. The van der Waals surface area contributed by atoms with Crippen molar-refractivity contribution in [2.75, 3.05) is 23.6 Å². The second-order valence-corrected chi connectivity index (χ2v) is 13.0. The van der Waals surface area contributed by atoms with Crippen molar-refractivity contribution < 1.29 is 28.7 Å². The Bertz CT molecular complexity index is 2060. The lowest BCUT2D eigenvalue weighted by Gasteiger charge is -2.32. The van der Waals surface area contributed by atoms with Gasteiger partial charge in [-0.1, -0.05) is 80.6 Å². The number of amides is 3. The van der Waals surface area contributed by atoms with E-state index in [9.17, 15) is 19.2 Å². The number of thiazole rings is 1. The number of nitrogens with zero attached hydrogens (tertiary/aromatic N) is 3. The second-order valence-electron chi connectivity index (χ2n) is 12.0. The van der Waals surface area contributed by atoms with Gasteiger partial charge >= 0.3 is 0 Å². The van der Waals surface area contributed by atoms with Crippen LogP contribution in [0.4, 0.5) is 11.4 Å². The summed E-state index contributed by atoms with van der Waals surface area (Å²) >= 11 is 1.37. The quantitative estimate of drug-likeness (QED) is 0.166. The SMILES string of the molecule is CC(C)c1ccc(C(C(=O)Nc2ccc3c(c2)OCO3)N(Cc2nc(-c3ccccc3)cs2)C(=O)CN2C(=O)C(=O)c3ccccc32)cc1. The first-order valence-corrected chi connectivity index (χ1v) is 16.7. The smallest absolute Gasteiger partial charge is 0.299 e. The van der Waals surface area contributed by atoms with Gasteiger partial charge in [0.1, 0.15) is 17.6 Å². The Balaban J connectivity index is 1.28. The Morgan fingerprint density at radius 2 is 1.61 bits per heavy atom. The van der Waals surface area contributed by atoms with Crippen LogP contribution in [0.25, 0.3) is 11.3 Å². The van der Waals surface area contributed by atoms with Crippen LogP contribution in [0.1, 0.15) is 52.3 Å². The number of fused-ring (bicyclic) bond motifs is 2. The molecule has 0 saturated heterocycles. The van der Waals surface area contributed by atoms with Crippen molar-refractivity contribution in [3.8, 4) is 22.8 Å². The Morgan fingerprint density at radius 3 is 2.39 bits per heavy atom. The van der Waals surface area contributed by atoms with Gasteiger partial charge in [0.25, 0.3) is 17.6 Å². The number of rotatable bonds is 10. The largest absolute Gasteiger partial charge is 0.454 e. The van der Waals surface area contributed by atoms with Gasteiger partial charge in [-0.25, -0.2) is 4.98 Å². The van der Waals surface area contributed by atoms with Gasteiger partial charge in [-0.3, -0.25) is 24.1 Å². The Morgan fingerprint density at radius 1 is 0.898 bits per heavy atom. The van der Waals surface area contributed by atoms with Gasteiger partial charge in [0.2, 0.25) is 12.7 Å². The molecule has 0 bridgehead atoms. The third-order valence-electron chi connectivity index (χ3n) is 8.54. The number of carbonyl (C=O) groups excluding carboxylic acids is 4. The van der Waals surface area contributed by atoms with Crippen molar-refractivity contribution in [1.29, 1.82) is 0 Å². The lowest BCUT2D eigenvalue weighted by Crippen LogP contribution is -2.46. The topological polar surface area (TPSA) is 118 Å². The lowest BCUT2D eigenvalue weighted by atomic mass is 9.97. The van der Waals surface area contributed by atoms with Crippen LogP contribution < -0.4 is 19.7 Å². The van der Waals surface area contributed by atoms with Gasteiger partial charge in [-0.15, -0.1) is 11.3 Å². The van der Waals surface area contributed by atoms with Gasteiger partial charge in [-0.2, -0.15) is 0 Å². The van der Waals surface area contributed by atoms with Gasteiger partial charge in [0, 0.05) is 22.7 Å². The Kier molecular flexibility index (Phi) is 8.66. The number of ether oxygens (including phenoxy) is 2. The van der Waals surface area contributed by atoms with E-state index in [1.807, 2.05) is 60.0 Å². The molecule has 0 radical (unpaired) electrons. The average Bonchev–Trinajstić information content (AvgIpc) is 3.84. The fraction of sp³-hybridized carbons (Fsp3) is 0.184. The molecule has 0 spiro atoms. The number of carbonyl (C=O) groups is 4. The summed E-state index contributed by atoms with van der Waals surface area (Å²) in [6, 6.07) is 27.8. The molecule has 1 unspecified atom stereocenters. The zero-order valence-corrected chi connectivity index (χ0v) is 27.6. The minimum absolute atomic E-state index is 0.0287. The number of para-hydroxylation sites is 1. The normalized spacial score (nSPS) is 13.8. The Hall–Kier alpha value is -5.81. The van der Waals surface area contributed by atoms with Crippen LogP contribution in [0.2, 0.25) is 0 Å². The summed E-state index contributed by atoms with van der Waals surface area (Å²) in [5, 5.41) is 5.47. The fourth-order valence-corrected chi connectivity index (χ4v) is 6.75. The lowest BCUT2D eigenvalue weighted by molar-refractivity contribution is -0.139. The number of ketones is 1. The molecule has 1 N–H and O–H groups in total. The van der Waals surface area contributed by atoms with Crippen LogP contribution >= 0.6 is 11.3 Å². The van der Waals surface area contributed by atoms with Gasteiger partial charge < -0.3 is 19.7 Å². The van der Waals surface area contributed by atoms with Crippen LogP contribution in [-0.2, 0) is 20.9 Å². The molecule has 2 aliphatic heterocycles. The predicted molar refractivity (Wildman–Crippen MR) is 186 cm³/mol. The molecule has 4 aromatic carbocycles. The molecule has 1 atom stereocenters. The van der Waals surface area contributed by atoms with Crippen LogP contribution in [0.3, 0.4) is 0 Å². The zero-order chi connectivity index (χ0) is 34.1. The van der Waals surface area contributed by atoms with Crippen molar-refractivity contribution in [2.24, 2.45) is 0 Å². The van der Waals surface area contributed by atoms with E-state index in [1.165, 1.54) is 21.1 Å². The first kappa shape index (κ1) is 31.8. The summed E-state index contributed by atoms with van der Waals surface area (Å²) in [4.78, 5) is 62.3. The highest BCUT2D eigenvalue weighted by Crippen LogP contribution is 2.36.